The zero-order chi connectivity index (χ0) is 19.3. The van der Waals surface area contributed by atoms with Crippen LogP contribution in [0.4, 0.5) is 13.2 Å². The van der Waals surface area contributed by atoms with Gasteiger partial charge >= 0.3 is 12.1 Å². The van der Waals surface area contributed by atoms with E-state index in [4.69, 9.17) is 0 Å². The molecule has 0 spiro atoms. The number of esters is 1. The van der Waals surface area contributed by atoms with Crippen molar-refractivity contribution in [2.45, 2.75) is 25.6 Å². The largest absolute Gasteiger partial charge is 0.469 e. The Labute approximate surface area is 149 Å². The highest BCUT2D eigenvalue weighted by Crippen LogP contribution is 2.29. The minimum atomic E-state index is -4.54. The van der Waals surface area contributed by atoms with Crippen molar-refractivity contribution in [3.05, 3.63) is 70.8 Å². The quantitative estimate of drug-likeness (QED) is 0.814. The van der Waals surface area contributed by atoms with Crippen molar-refractivity contribution in [1.29, 1.82) is 0 Å². The molecule has 0 aliphatic carbocycles. The number of carbonyl (C=O) groups excluding carboxylic acids is 2. The number of carbonyl (C=O) groups is 2. The SMILES string of the molecule is COC(=O)CC(NC(=O)c1cccc(C(F)(F)F)c1)c1ccc(C)cc1. The monoisotopic (exact) mass is 365 g/mol. The second-order valence-electron chi connectivity index (χ2n) is 5.80. The third-order valence-corrected chi connectivity index (χ3v) is 3.84. The summed E-state index contributed by atoms with van der Waals surface area (Å²) in [6.07, 6.45) is -4.68. The molecule has 2 rings (SSSR count). The van der Waals surface area contributed by atoms with Gasteiger partial charge in [0.05, 0.1) is 25.1 Å². The highest BCUT2D eigenvalue weighted by molar-refractivity contribution is 5.95. The first-order chi connectivity index (χ1) is 12.2. The van der Waals surface area contributed by atoms with E-state index in [0.717, 1.165) is 17.7 Å². The Morgan fingerprint density at radius 2 is 1.77 bits per heavy atom. The van der Waals surface area contributed by atoms with Crippen molar-refractivity contribution in [3.8, 4) is 0 Å². The van der Waals surface area contributed by atoms with Gasteiger partial charge in [0, 0.05) is 5.56 Å². The topological polar surface area (TPSA) is 55.4 Å². The van der Waals surface area contributed by atoms with Gasteiger partial charge < -0.3 is 10.1 Å². The minimum Gasteiger partial charge on any atom is -0.469 e. The van der Waals surface area contributed by atoms with Crippen LogP contribution in [0.3, 0.4) is 0 Å². The molecule has 2 aromatic rings. The lowest BCUT2D eigenvalue weighted by Crippen LogP contribution is -2.30. The molecule has 138 valence electrons. The number of alkyl halides is 3. The predicted molar refractivity (Wildman–Crippen MR) is 89.5 cm³/mol. The average molecular weight is 365 g/mol. The molecule has 1 N–H and O–H groups in total. The molecule has 0 aliphatic heterocycles. The van der Waals surface area contributed by atoms with E-state index in [9.17, 15) is 22.8 Å². The molecule has 0 saturated carbocycles. The van der Waals surface area contributed by atoms with Gasteiger partial charge in [0.25, 0.3) is 5.91 Å². The van der Waals surface area contributed by atoms with Crippen molar-refractivity contribution in [2.24, 2.45) is 0 Å². The summed E-state index contributed by atoms with van der Waals surface area (Å²) in [6, 6.07) is 10.5. The fourth-order valence-electron chi connectivity index (χ4n) is 2.38. The van der Waals surface area contributed by atoms with Gasteiger partial charge in [-0.15, -0.1) is 0 Å². The highest BCUT2D eigenvalue weighted by Gasteiger charge is 2.31. The first kappa shape index (κ1) is 19.5. The molecule has 1 unspecified atom stereocenters. The second kappa shape index (κ2) is 8.03. The molecular weight excluding hydrogens is 347 g/mol. The molecule has 26 heavy (non-hydrogen) atoms. The maximum absolute atomic E-state index is 12.8. The fraction of sp³-hybridized carbons (Fsp3) is 0.263. The number of amides is 1. The first-order valence-corrected chi connectivity index (χ1v) is 7.82. The highest BCUT2D eigenvalue weighted by atomic mass is 19.4. The van der Waals surface area contributed by atoms with E-state index < -0.39 is 29.7 Å². The number of halogens is 3. The van der Waals surface area contributed by atoms with Crippen LogP contribution in [0.25, 0.3) is 0 Å². The van der Waals surface area contributed by atoms with E-state index in [0.29, 0.717) is 5.56 Å². The van der Waals surface area contributed by atoms with Crippen LogP contribution >= 0.6 is 0 Å². The van der Waals surface area contributed by atoms with Crippen molar-refractivity contribution in [1.82, 2.24) is 5.32 Å². The number of hydrogen-bond acceptors (Lipinski definition) is 3. The third-order valence-electron chi connectivity index (χ3n) is 3.84. The Bertz CT molecular complexity index is 785. The summed E-state index contributed by atoms with van der Waals surface area (Å²) in [6.45, 7) is 1.89. The number of hydrogen-bond donors (Lipinski definition) is 1. The third kappa shape index (κ3) is 5.08. The van der Waals surface area contributed by atoms with Crippen LogP contribution in [0.2, 0.25) is 0 Å². The van der Waals surface area contributed by atoms with Crippen LogP contribution in [0.15, 0.2) is 48.5 Å². The number of aryl methyl sites for hydroxylation is 1. The van der Waals surface area contributed by atoms with Crippen LogP contribution in [0.1, 0.15) is 39.5 Å². The standard InChI is InChI=1S/C19H18F3NO3/c1-12-6-8-13(9-7-12)16(11-17(24)26-2)23-18(25)14-4-3-5-15(10-14)19(20,21)22/h3-10,16H,11H2,1-2H3,(H,23,25). The first-order valence-electron chi connectivity index (χ1n) is 7.82. The molecule has 0 radical (unpaired) electrons. The molecule has 0 aromatic heterocycles. The fourth-order valence-corrected chi connectivity index (χ4v) is 2.38. The lowest BCUT2D eigenvalue weighted by molar-refractivity contribution is -0.141. The van der Waals surface area contributed by atoms with Crippen LogP contribution in [-0.2, 0) is 15.7 Å². The second-order valence-corrected chi connectivity index (χ2v) is 5.80. The van der Waals surface area contributed by atoms with Crippen LogP contribution in [0.5, 0.6) is 0 Å². The van der Waals surface area contributed by atoms with E-state index in [1.54, 1.807) is 12.1 Å². The lowest BCUT2D eigenvalue weighted by atomic mass is 10.0. The predicted octanol–water partition coefficient (Wildman–Crippen LogP) is 4.05. The molecule has 7 heteroatoms. The summed E-state index contributed by atoms with van der Waals surface area (Å²) in [5, 5.41) is 2.61. The van der Waals surface area contributed by atoms with Gasteiger partial charge in [0.1, 0.15) is 0 Å². The van der Waals surface area contributed by atoms with Crippen molar-refractivity contribution in [2.75, 3.05) is 7.11 Å². The van der Waals surface area contributed by atoms with Crippen LogP contribution in [0, 0.1) is 6.92 Å². The number of nitrogens with one attached hydrogen (secondary N) is 1. The maximum atomic E-state index is 12.8. The van der Waals surface area contributed by atoms with Gasteiger partial charge in [-0.1, -0.05) is 35.9 Å². The molecule has 0 saturated heterocycles. The molecule has 1 amide bonds. The number of methoxy groups -OCH3 is 1. The van der Waals surface area contributed by atoms with E-state index >= 15 is 0 Å². The summed E-state index contributed by atoms with van der Waals surface area (Å²) in [5.74, 6) is -1.24. The van der Waals surface area contributed by atoms with Gasteiger partial charge in [0.2, 0.25) is 0 Å². The van der Waals surface area contributed by atoms with Crippen molar-refractivity contribution >= 4 is 11.9 Å². The molecular formula is C19H18F3NO3. The van der Waals surface area contributed by atoms with E-state index in [2.05, 4.69) is 10.1 Å². The number of benzene rings is 2. The molecule has 0 bridgehead atoms. The molecule has 1 atom stereocenters. The summed E-state index contributed by atoms with van der Waals surface area (Å²) >= 11 is 0. The summed E-state index contributed by atoms with van der Waals surface area (Å²) < 4.78 is 43.1. The maximum Gasteiger partial charge on any atom is 0.416 e. The smallest absolute Gasteiger partial charge is 0.416 e. The molecule has 0 fully saturated rings. The Balaban J connectivity index is 2.25. The zero-order valence-corrected chi connectivity index (χ0v) is 14.3. The lowest BCUT2D eigenvalue weighted by Gasteiger charge is -2.19. The van der Waals surface area contributed by atoms with Gasteiger partial charge in [-0.05, 0) is 30.7 Å². The van der Waals surface area contributed by atoms with E-state index in [-0.39, 0.29) is 12.0 Å². The summed E-state index contributed by atoms with van der Waals surface area (Å²) in [5.41, 5.74) is 0.600. The Morgan fingerprint density at radius 1 is 1.12 bits per heavy atom. The molecule has 0 aliphatic rings. The van der Waals surface area contributed by atoms with Crippen molar-refractivity contribution in [3.63, 3.8) is 0 Å². The Morgan fingerprint density at radius 3 is 2.35 bits per heavy atom. The van der Waals surface area contributed by atoms with E-state index in [1.165, 1.54) is 19.2 Å². The van der Waals surface area contributed by atoms with Gasteiger partial charge in [-0.2, -0.15) is 13.2 Å². The van der Waals surface area contributed by atoms with Crippen LogP contribution in [-0.4, -0.2) is 19.0 Å². The minimum absolute atomic E-state index is 0.135. The molecule has 0 heterocycles. The Hall–Kier alpha value is -2.83. The van der Waals surface area contributed by atoms with Gasteiger partial charge in [-0.25, -0.2) is 0 Å². The van der Waals surface area contributed by atoms with E-state index in [1.807, 2.05) is 19.1 Å². The number of rotatable bonds is 5. The summed E-state index contributed by atoms with van der Waals surface area (Å²) in [7, 11) is 1.23. The van der Waals surface area contributed by atoms with Gasteiger partial charge in [-0.3, -0.25) is 9.59 Å². The summed E-state index contributed by atoms with van der Waals surface area (Å²) in [4.78, 5) is 24.1. The van der Waals surface area contributed by atoms with Crippen LogP contribution < -0.4 is 5.32 Å². The zero-order valence-electron chi connectivity index (χ0n) is 14.3. The average Bonchev–Trinajstić information content (AvgIpc) is 2.61. The molecule has 2 aromatic carbocycles. The van der Waals surface area contributed by atoms with Crippen molar-refractivity contribution < 1.29 is 27.5 Å². The molecule has 4 nitrogen and oxygen atoms in total. The van der Waals surface area contributed by atoms with Gasteiger partial charge in [0.15, 0.2) is 0 Å². The number of ether oxygens (including phenoxy) is 1. The normalized spacial score (nSPS) is 12.3. The Kier molecular flexibility index (Phi) is 6.02.